The van der Waals surface area contributed by atoms with Gasteiger partial charge in [-0.1, -0.05) is 13.8 Å². The molecule has 1 saturated heterocycles. The molecule has 0 radical (unpaired) electrons. The van der Waals surface area contributed by atoms with Gasteiger partial charge in [0.25, 0.3) is 0 Å². The molecule has 1 atom stereocenters. The number of imide groups is 1. The Labute approximate surface area is 111 Å². The summed E-state index contributed by atoms with van der Waals surface area (Å²) in [7, 11) is 0. The third kappa shape index (κ3) is 3.10. The number of nitrogens with one attached hydrogen (secondary N) is 2. The molecule has 1 aromatic carbocycles. The van der Waals surface area contributed by atoms with E-state index in [0.717, 1.165) is 0 Å². The molecule has 5 heteroatoms. The van der Waals surface area contributed by atoms with Crippen LogP contribution in [0.5, 0.6) is 0 Å². The van der Waals surface area contributed by atoms with Gasteiger partial charge in [-0.25, -0.2) is 4.39 Å². The Morgan fingerprint density at radius 2 is 2.11 bits per heavy atom. The van der Waals surface area contributed by atoms with Crippen LogP contribution in [0.2, 0.25) is 0 Å². The van der Waals surface area contributed by atoms with E-state index in [1.807, 2.05) is 13.8 Å². The smallest absolute Gasteiger partial charge is 0.249 e. The van der Waals surface area contributed by atoms with E-state index in [9.17, 15) is 14.0 Å². The van der Waals surface area contributed by atoms with Crippen molar-refractivity contribution in [3.8, 4) is 0 Å². The van der Waals surface area contributed by atoms with Crippen LogP contribution in [0, 0.1) is 5.82 Å². The number of benzene rings is 1. The van der Waals surface area contributed by atoms with E-state index < -0.39 is 6.04 Å². The van der Waals surface area contributed by atoms with Gasteiger partial charge < -0.3 is 5.32 Å². The van der Waals surface area contributed by atoms with Crippen molar-refractivity contribution in [3.63, 3.8) is 0 Å². The maximum atomic E-state index is 13.6. The van der Waals surface area contributed by atoms with Crippen LogP contribution in [0.3, 0.4) is 0 Å². The highest BCUT2D eigenvalue weighted by Crippen LogP contribution is 2.23. The van der Waals surface area contributed by atoms with E-state index in [2.05, 4.69) is 10.6 Å². The summed E-state index contributed by atoms with van der Waals surface area (Å²) in [4.78, 5) is 22.7. The standard InChI is InChI=1S/C14H17FN2O2/c1-8(2)10-7-9(3-4-11(10)15)16-12-5-6-13(18)17-14(12)19/h3-4,7-8,12,16H,5-6H2,1-2H3,(H,17,18,19). The lowest BCUT2D eigenvalue weighted by Gasteiger charge is -2.23. The Morgan fingerprint density at radius 3 is 2.74 bits per heavy atom. The van der Waals surface area contributed by atoms with Crippen molar-refractivity contribution < 1.29 is 14.0 Å². The quantitative estimate of drug-likeness (QED) is 0.823. The van der Waals surface area contributed by atoms with Crippen molar-refractivity contribution in [1.29, 1.82) is 0 Å². The highest BCUT2D eigenvalue weighted by Gasteiger charge is 2.26. The van der Waals surface area contributed by atoms with Gasteiger partial charge in [0, 0.05) is 12.1 Å². The van der Waals surface area contributed by atoms with Gasteiger partial charge in [0.05, 0.1) is 0 Å². The minimum absolute atomic E-state index is 0.0727. The van der Waals surface area contributed by atoms with E-state index in [-0.39, 0.29) is 23.5 Å². The van der Waals surface area contributed by atoms with Gasteiger partial charge in [-0.05, 0) is 36.1 Å². The molecule has 0 spiro atoms. The fraction of sp³-hybridized carbons (Fsp3) is 0.429. The molecular formula is C14H17FN2O2. The number of amides is 2. The molecule has 102 valence electrons. The van der Waals surface area contributed by atoms with Gasteiger partial charge in [-0.3, -0.25) is 14.9 Å². The van der Waals surface area contributed by atoms with Gasteiger partial charge >= 0.3 is 0 Å². The molecule has 0 aliphatic carbocycles. The zero-order valence-corrected chi connectivity index (χ0v) is 11.0. The minimum atomic E-state index is -0.442. The van der Waals surface area contributed by atoms with Gasteiger partial charge in [-0.15, -0.1) is 0 Å². The predicted octanol–water partition coefficient (Wildman–Crippen LogP) is 2.17. The van der Waals surface area contributed by atoms with Crippen molar-refractivity contribution in [2.45, 2.75) is 38.6 Å². The molecule has 0 aromatic heterocycles. The predicted molar refractivity (Wildman–Crippen MR) is 70.3 cm³/mol. The van der Waals surface area contributed by atoms with E-state index in [0.29, 0.717) is 24.1 Å². The lowest BCUT2D eigenvalue weighted by atomic mass is 10.0. The normalized spacial score (nSPS) is 19.5. The van der Waals surface area contributed by atoms with Crippen molar-refractivity contribution >= 4 is 17.5 Å². The van der Waals surface area contributed by atoms with Gasteiger partial charge in [0.1, 0.15) is 11.9 Å². The minimum Gasteiger partial charge on any atom is -0.374 e. The van der Waals surface area contributed by atoms with Crippen LogP contribution in [0.1, 0.15) is 38.2 Å². The Bertz CT molecular complexity index is 514. The van der Waals surface area contributed by atoms with E-state index in [1.54, 1.807) is 12.1 Å². The summed E-state index contributed by atoms with van der Waals surface area (Å²) in [5, 5.41) is 5.33. The van der Waals surface area contributed by atoms with Crippen LogP contribution in [0.15, 0.2) is 18.2 Å². The number of rotatable bonds is 3. The van der Waals surface area contributed by atoms with Gasteiger partial charge in [0.2, 0.25) is 11.8 Å². The molecular weight excluding hydrogens is 247 g/mol. The molecule has 19 heavy (non-hydrogen) atoms. The first-order valence-corrected chi connectivity index (χ1v) is 6.37. The second kappa shape index (κ2) is 5.38. The average molecular weight is 264 g/mol. The van der Waals surface area contributed by atoms with Crippen LogP contribution in [0.25, 0.3) is 0 Å². The van der Waals surface area contributed by atoms with Crippen LogP contribution in [0.4, 0.5) is 10.1 Å². The number of hydrogen-bond acceptors (Lipinski definition) is 3. The molecule has 1 fully saturated rings. The Kier molecular flexibility index (Phi) is 3.83. The fourth-order valence-corrected chi connectivity index (χ4v) is 2.11. The van der Waals surface area contributed by atoms with E-state index in [4.69, 9.17) is 0 Å². The molecule has 2 N–H and O–H groups in total. The fourth-order valence-electron chi connectivity index (χ4n) is 2.11. The van der Waals surface area contributed by atoms with Crippen LogP contribution in [-0.4, -0.2) is 17.9 Å². The number of anilines is 1. The summed E-state index contributed by atoms with van der Waals surface area (Å²) >= 11 is 0. The summed E-state index contributed by atoms with van der Waals surface area (Å²) < 4.78 is 13.6. The lowest BCUT2D eigenvalue weighted by molar-refractivity contribution is -0.133. The monoisotopic (exact) mass is 264 g/mol. The third-order valence-corrected chi connectivity index (χ3v) is 3.20. The molecule has 4 nitrogen and oxygen atoms in total. The zero-order chi connectivity index (χ0) is 14.0. The first-order chi connectivity index (χ1) is 8.97. The largest absolute Gasteiger partial charge is 0.374 e. The number of halogens is 1. The maximum absolute atomic E-state index is 13.6. The number of carbonyl (C=O) groups is 2. The van der Waals surface area contributed by atoms with E-state index in [1.165, 1.54) is 6.07 Å². The number of hydrogen-bond donors (Lipinski definition) is 2. The molecule has 1 aliphatic heterocycles. The first kappa shape index (κ1) is 13.5. The van der Waals surface area contributed by atoms with Crippen LogP contribution >= 0.6 is 0 Å². The molecule has 0 bridgehead atoms. The molecule has 2 rings (SSSR count). The highest BCUT2D eigenvalue weighted by molar-refractivity contribution is 6.01. The SMILES string of the molecule is CC(C)c1cc(NC2CCC(=O)NC2=O)ccc1F. The molecule has 2 amide bonds. The molecule has 1 aliphatic rings. The lowest BCUT2D eigenvalue weighted by Crippen LogP contribution is -2.47. The summed E-state index contributed by atoms with van der Waals surface area (Å²) in [6.45, 7) is 3.82. The Hall–Kier alpha value is -1.91. The van der Waals surface area contributed by atoms with Crippen LogP contribution < -0.4 is 10.6 Å². The molecule has 1 unspecified atom stereocenters. The number of carbonyl (C=O) groups excluding carboxylic acids is 2. The van der Waals surface area contributed by atoms with Crippen LogP contribution in [-0.2, 0) is 9.59 Å². The van der Waals surface area contributed by atoms with Crippen molar-refractivity contribution in [1.82, 2.24) is 5.32 Å². The summed E-state index contributed by atoms with van der Waals surface area (Å²) in [6, 6.07) is 4.27. The molecule has 0 saturated carbocycles. The van der Waals surface area contributed by atoms with Crippen molar-refractivity contribution in [3.05, 3.63) is 29.6 Å². The topological polar surface area (TPSA) is 58.2 Å². The second-order valence-electron chi connectivity index (χ2n) is 5.04. The highest BCUT2D eigenvalue weighted by atomic mass is 19.1. The second-order valence-corrected chi connectivity index (χ2v) is 5.04. The number of piperidine rings is 1. The molecule has 1 heterocycles. The summed E-state index contributed by atoms with van der Waals surface area (Å²) in [6.07, 6.45) is 0.778. The molecule has 1 aromatic rings. The van der Waals surface area contributed by atoms with Gasteiger partial charge in [0.15, 0.2) is 0 Å². The maximum Gasteiger partial charge on any atom is 0.249 e. The van der Waals surface area contributed by atoms with E-state index >= 15 is 0 Å². The first-order valence-electron chi connectivity index (χ1n) is 6.37. The Balaban J connectivity index is 2.13. The average Bonchev–Trinajstić information content (AvgIpc) is 2.34. The third-order valence-electron chi connectivity index (χ3n) is 3.20. The van der Waals surface area contributed by atoms with Gasteiger partial charge in [-0.2, -0.15) is 0 Å². The summed E-state index contributed by atoms with van der Waals surface area (Å²) in [5.74, 6) is -0.746. The Morgan fingerprint density at radius 1 is 1.37 bits per heavy atom. The summed E-state index contributed by atoms with van der Waals surface area (Å²) in [5.41, 5.74) is 1.30. The van der Waals surface area contributed by atoms with Crippen molar-refractivity contribution in [2.24, 2.45) is 0 Å². The van der Waals surface area contributed by atoms with Crippen molar-refractivity contribution in [2.75, 3.05) is 5.32 Å². The zero-order valence-electron chi connectivity index (χ0n) is 11.0.